The molecule has 0 atom stereocenters. The molecule has 0 aromatic heterocycles. The van der Waals surface area contributed by atoms with E-state index in [1.165, 1.54) is 0 Å². The van der Waals surface area contributed by atoms with Crippen molar-refractivity contribution < 1.29 is 9.53 Å². The summed E-state index contributed by atoms with van der Waals surface area (Å²) in [5.41, 5.74) is 5.98. The summed E-state index contributed by atoms with van der Waals surface area (Å²) in [6.07, 6.45) is 0.290. The van der Waals surface area contributed by atoms with Crippen molar-refractivity contribution in [3.63, 3.8) is 0 Å². The Kier molecular flexibility index (Phi) is 3.29. The molecule has 0 aliphatic rings. The summed E-state index contributed by atoms with van der Waals surface area (Å²) in [6.45, 7) is -0.0499. The molecule has 0 aliphatic heterocycles. The van der Waals surface area contributed by atoms with Gasteiger partial charge in [0.1, 0.15) is 6.73 Å². The Hall–Kier alpha value is -1.35. The van der Waals surface area contributed by atoms with Gasteiger partial charge in [0.2, 0.25) is 0 Å². The smallest absolute Gasteiger partial charge is 0.311 e. The quantitative estimate of drug-likeness (QED) is 0.529. The van der Waals surface area contributed by atoms with Crippen LogP contribution in [0.25, 0.3) is 0 Å². The van der Waals surface area contributed by atoms with E-state index < -0.39 is 0 Å². The van der Waals surface area contributed by atoms with E-state index in [9.17, 15) is 4.79 Å². The molecule has 64 valence electrons. The van der Waals surface area contributed by atoms with E-state index in [0.29, 0.717) is 0 Å². The van der Waals surface area contributed by atoms with E-state index in [0.717, 1.165) is 5.56 Å². The van der Waals surface area contributed by atoms with Crippen LogP contribution in [0.4, 0.5) is 0 Å². The minimum atomic E-state index is -0.288. The van der Waals surface area contributed by atoms with E-state index >= 15 is 0 Å². The number of benzene rings is 1. The molecule has 2 N–H and O–H groups in total. The maximum absolute atomic E-state index is 10.9. The lowest BCUT2D eigenvalue weighted by atomic mass is 10.2. The monoisotopic (exact) mass is 165 g/mol. The SMILES string of the molecule is NCOC(=O)Cc1ccccc1. The molecular formula is C9H11NO2. The lowest BCUT2D eigenvalue weighted by Gasteiger charge is -2.00. The molecule has 3 heteroatoms. The van der Waals surface area contributed by atoms with Crippen LogP contribution in [-0.2, 0) is 16.0 Å². The van der Waals surface area contributed by atoms with Crippen LogP contribution in [0.2, 0.25) is 0 Å². The number of esters is 1. The summed E-state index contributed by atoms with van der Waals surface area (Å²) in [5.74, 6) is -0.288. The second-order valence-corrected chi connectivity index (χ2v) is 2.35. The standard InChI is InChI=1S/C9H11NO2/c10-7-12-9(11)6-8-4-2-1-3-5-8/h1-5H,6-7,10H2. The Bertz CT molecular complexity index is 246. The van der Waals surface area contributed by atoms with Gasteiger partial charge in [-0.1, -0.05) is 30.3 Å². The van der Waals surface area contributed by atoms with Crippen molar-refractivity contribution in [3.8, 4) is 0 Å². The third kappa shape index (κ3) is 2.72. The number of carbonyl (C=O) groups is 1. The Morgan fingerprint density at radius 3 is 2.58 bits per heavy atom. The highest BCUT2D eigenvalue weighted by Crippen LogP contribution is 1.99. The highest BCUT2D eigenvalue weighted by molar-refractivity contribution is 5.72. The first-order chi connectivity index (χ1) is 5.83. The molecular weight excluding hydrogens is 154 g/mol. The Morgan fingerprint density at radius 1 is 1.33 bits per heavy atom. The topological polar surface area (TPSA) is 52.3 Å². The normalized spacial score (nSPS) is 9.42. The number of nitrogens with two attached hydrogens (primary N) is 1. The summed E-state index contributed by atoms with van der Waals surface area (Å²) < 4.78 is 4.58. The maximum atomic E-state index is 10.9. The zero-order chi connectivity index (χ0) is 8.81. The summed E-state index contributed by atoms with van der Waals surface area (Å²) in [5, 5.41) is 0. The molecule has 1 aromatic rings. The minimum absolute atomic E-state index is 0.0499. The molecule has 0 saturated carbocycles. The molecule has 0 bridgehead atoms. The fraction of sp³-hybridized carbons (Fsp3) is 0.222. The van der Waals surface area contributed by atoms with Crippen LogP contribution in [0.1, 0.15) is 5.56 Å². The van der Waals surface area contributed by atoms with Crippen molar-refractivity contribution in [1.29, 1.82) is 0 Å². The molecule has 12 heavy (non-hydrogen) atoms. The van der Waals surface area contributed by atoms with Crippen LogP contribution < -0.4 is 5.73 Å². The first-order valence-corrected chi connectivity index (χ1v) is 3.72. The van der Waals surface area contributed by atoms with Crippen LogP contribution in [0.5, 0.6) is 0 Å². The highest BCUT2D eigenvalue weighted by Gasteiger charge is 2.01. The Balaban J connectivity index is 2.47. The van der Waals surface area contributed by atoms with Crippen molar-refractivity contribution in [2.24, 2.45) is 5.73 Å². The van der Waals surface area contributed by atoms with Gasteiger partial charge in [-0.25, -0.2) is 0 Å². The van der Waals surface area contributed by atoms with Gasteiger partial charge in [-0.3, -0.25) is 10.5 Å². The van der Waals surface area contributed by atoms with E-state index in [1.807, 2.05) is 30.3 Å². The van der Waals surface area contributed by atoms with E-state index in [4.69, 9.17) is 5.73 Å². The van der Waals surface area contributed by atoms with Crippen LogP contribution in [-0.4, -0.2) is 12.7 Å². The molecule has 0 fully saturated rings. The van der Waals surface area contributed by atoms with Crippen molar-refractivity contribution in [3.05, 3.63) is 35.9 Å². The van der Waals surface area contributed by atoms with Gasteiger partial charge in [0.05, 0.1) is 6.42 Å². The first-order valence-electron chi connectivity index (χ1n) is 3.72. The number of hydrogen-bond donors (Lipinski definition) is 1. The molecule has 1 aromatic carbocycles. The number of carbonyl (C=O) groups excluding carboxylic acids is 1. The molecule has 0 unspecified atom stereocenters. The predicted molar refractivity (Wildman–Crippen MR) is 45.3 cm³/mol. The zero-order valence-corrected chi connectivity index (χ0v) is 6.69. The van der Waals surface area contributed by atoms with Gasteiger partial charge in [0.25, 0.3) is 0 Å². The number of rotatable bonds is 3. The summed E-state index contributed by atoms with van der Waals surface area (Å²) in [4.78, 5) is 10.9. The number of hydrogen-bond acceptors (Lipinski definition) is 3. The van der Waals surface area contributed by atoms with Crippen molar-refractivity contribution in [2.75, 3.05) is 6.73 Å². The Morgan fingerprint density at radius 2 is 2.00 bits per heavy atom. The fourth-order valence-electron chi connectivity index (χ4n) is 0.907. The molecule has 0 saturated heterocycles. The number of ether oxygens (including phenoxy) is 1. The van der Waals surface area contributed by atoms with Gasteiger partial charge in [-0.05, 0) is 5.56 Å². The third-order valence-electron chi connectivity index (χ3n) is 1.44. The molecule has 0 heterocycles. The van der Waals surface area contributed by atoms with Crippen LogP contribution in [0.15, 0.2) is 30.3 Å². The van der Waals surface area contributed by atoms with E-state index in [1.54, 1.807) is 0 Å². The van der Waals surface area contributed by atoms with E-state index in [2.05, 4.69) is 4.74 Å². The average Bonchev–Trinajstić information content (AvgIpc) is 2.06. The lowest BCUT2D eigenvalue weighted by Crippen LogP contribution is -2.13. The zero-order valence-electron chi connectivity index (χ0n) is 6.69. The van der Waals surface area contributed by atoms with Crippen molar-refractivity contribution in [1.82, 2.24) is 0 Å². The minimum Gasteiger partial charge on any atom is -0.450 e. The largest absolute Gasteiger partial charge is 0.450 e. The fourth-order valence-corrected chi connectivity index (χ4v) is 0.907. The maximum Gasteiger partial charge on any atom is 0.311 e. The first kappa shape index (κ1) is 8.74. The van der Waals surface area contributed by atoms with Gasteiger partial charge < -0.3 is 4.74 Å². The molecule has 1 rings (SSSR count). The summed E-state index contributed by atoms with van der Waals surface area (Å²) in [7, 11) is 0. The van der Waals surface area contributed by atoms with Gasteiger partial charge in [0, 0.05) is 0 Å². The molecule has 0 aliphatic carbocycles. The second-order valence-electron chi connectivity index (χ2n) is 2.35. The summed E-state index contributed by atoms with van der Waals surface area (Å²) in [6, 6.07) is 9.41. The molecule has 3 nitrogen and oxygen atoms in total. The summed E-state index contributed by atoms with van der Waals surface area (Å²) >= 11 is 0. The highest BCUT2D eigenvalue weighted by atomic mass is 16.5. The van der Waals surface area contributed by atoms with Crippen molar-refractivity contribution >= 4 is 5.97 Å². The van der Waals surface area contributed by atoms with E-state index in [-0.39, 0.29) is 19.1 Å². The molecule has 0 amide bonds. The van der Waals surface area contributed by atoms with Crippen LogP contribution >= 0.6 is 0 Å². The third-order valence-corrected chi connectivity index (χ3v) is 1.44. The molecule has 0 radical (unpaired) electrons. The second kappa shape index (κ2) is 4.51. The van der Waals surface area contributed by atoms with Gasteiger partial charge in [0.15, 0.2) is 0 Å². The van der Waals surface area contributed by atoms with Gasteiger partial charge >= 0.3 is 5.97 Å². The van der Waals surface area contributed by atoms with Crippen LogP contribution in [0.3, 0.4) is 0 Å². The Labute approximate surface area is 71.1 Å². The van der Waals surface area contributed by atoms with Crippen molar-refractivity contribution in [2.45, 2.75) is 6.42 Å². The van der Waals surface area contributed by atoms with Gasteiger partial charge in [-0.15, -0.1) is 0 Å². The van der Waals surface area contributed by atoms with Gasteiger partial charge in [-0.2, -0.15) is 0 Å². The lowest BCUT2D eigenvalue weighted by molar-refractivity contribution is -0.142. The van der Waals surface area contributed by atoms with Crippen LogP contribution in [0, 0.1) is 0 Å². The average molecular weight is 165 g/mol. The predicted octanol–water partition coefficient (Wildman–Crippen LogP) is 0.688. The molecule has 0 spiro atoms.